The third kappa shape index (κ3) is 4.66. The van der Waals surface area contributed by atoms with E-state index in [1.54, 1.807) is 0 Å². The second-order valence-corrected chi connectivity index (χ2v) is 4.47. The SMILES string of the molecule is CC(=O)O[C@H]1[C@@H](OC(C)=O)[C@@H](O)O[C@H](CO)[C@@H]1OC(C)=O. The summed E-state index contributed by atoms with van der Waals surface area (Å²) in [5.74, 6) is -2.19. The van der Waals surface area contributed by atoms with Gasteiger partial charge in [-0.05, 0) is 0 Å². The molecule has 1 aliphatic rings. The molecular weight excluding hydrogens is 288 g/mol. The minimum absolute atomic E-state index is 0.598. The fourth-order valence-electron chi connectivity index (χ4n) is 2.02. The molecule has 120 valence electrons. The molecule has 0 radical (unpaired) electrons. The first-order valence-corrected chi connectivity index (χ1v) is 6.22. The van der Waals surface area contributed by atoms with E-state index in [0.29, 0.717) is 0 Å². The van der Waals surface area contributed by atoms with Gasteiger partial charge < -0.3 is 29.2 Å². The second kappa shape index (κ2) is 7.34. The van der Waals surface area contributed by atoms with Crippen LogP contribution >= 0.6 is 0 Å². The fraction of sp³-hybridized carbons (Fsp3) is 0.750. The molecule has 21 heavy (non-hydrogen) atoms. The van der Waals surface area contributed by atoms with E-state index in [2.05, 4.69) is 0 Å². The standard InChI is InChI=1S/C12H18O9/c1-5(14)18-9-8(4-13)21-12(17)11(20-7(3)16)10(9)19-6(2)15/h8-13,17H,4H2,1-3H3/t8-,9+,10-,11-,12+/m1/s1. The van der Waals surface area contributed by atoms with Crippen molar-refractivity contribution in [1.82, 2.24) is 0 Å². The van der Waals surface area contributed by atoms with Crippen LogP contribution in [0.5, 0.6) is 0 Å². The van der Waals surface area contributed by atoms with Crippen LogP contribution in [-0.2, 0) is 33.3 Å². The van der Waals surface area contributed by atoms with Crippen LogP contribution in [0.1, 0.15) is 20.8 Å². The highest BCUT2D eigenvalue weighted by molar-refractivity contribution is 5.68. The van der Waals surface area contributed by atoms with Gasteiger partial charge in [-0.2, -0.15) is 0 Å². The van der Waals surface area contributed by atoms with Gasteiger partial charge in [-0.1, -0.05) is 0 Å². The van der Waals surface area contributed by atoms with Crippen LogP contribution in [0, 0.1) is 0 Å². The van der Waals surface area contributed by atoms with Crippen LogP contribution in [0.25, 0.3) is 0 Å². The Morgan fingerprint density at radius 1 is 0.905 bits per heavy atom. The summed E-state index contributed by atoms with van der Waals surface area (Å²) in [6, 6.07) is 0. The zero-order valence-electron chi connectivity index (χ0n) is 11.8. The van der Waals surface area contributed by atoms with Crippen molar-refractivity contribution in [2.75, 3.05) is 6.61 Å². The van der Waals surface area contributed by atoms with Crippen molar-refractivity contribution in [3.05, 3.63) is 0 Å². The largest absolute Gasteiger partial charge is 0.456 e. The molecule has 0 aromatic rings. The maximum absolute atomic E-state index is 11.2. The predicted octanol–water partition coefficient (Wildman–Crippen LogP) is -1.51. The summed E-state index contributed by atoms with van der Waals surface area (Å²) in [4.78, 5) is 33.4. The zero-order valence-corrected chi connectivity index (χ0v) is 11.8. The lowest BCUT2D eigenvalue weighted by Gasteiger charge is -2.42. The number of carbonyl (C=O) groups excluding carboxylic acids is 3. The number of hydrogen-bond acceptors (Lipinski definition) is 9. The van der Waals surface area contributed by atoms with E-state index in [0.717, 1.165) is 20.8 Å². The molecule has 0 aromatic carbocycles. The Morgan fingerprint density at radius 2 is 1.33 bits per heavy atom. The van der Waals surface area contributed by atoms with Crippen molar-refractivity contribution in [3.8, 4) is 0 Å². The Balaban J connectivity index is 3.08. The zero-order chi connectivity index (χ0) is 16.2. The summed E-state index contributed by atoms with van der Waals surface area (Å²) in [5, 5.41) is 19.0. The maximum Gasteiger partial charge on any atom is 0.303 e. The first-order chi connectivity index (χ1) is 9.76. The minimum atomic E-state index is -1.64. The van der Waals surface area contributed by atoms with Crippen LogP contribution < -0.4 is 0 Å². The Labute approximate surface area is 120 Å². The molecule has 1 rings (SSSR count). The van der Waals surface area contributed by atoms with Gasteiger partial charge in [0, 0.05) is 20.8 Å². The van der Waals surface area contributed by atoms with Gasteiger partial charge in [0.1, 0.15) is 6.10 Å². The van der Waals surface area contributed by atoms with Crippen molar-refractivity contribution in [1.29, 1.82) is 0 Å². The van der Waals surface area contributed by atoms with E-state index in [9.17, 15) is 24.6 Å². The van der Waals surface area contributed by atoms with E-state index in [4.69, 9.17) is 18.9 Å². The monoisotopic (exact) mass is 306 g/mol. The van der Waals surface area contributed by atoms with Gasteiger partial charge >= 0.3 is 17.9 Å². The van der Waals surface area contributed by atoms with Crippen molar-refractivity contribution < 1.29 is 43.5 Å². The van der Waals surface area contributed by atoms with Gasteiger partial charge in [0.15, 0.2) is 24.6 Å². The normalized spacial score (nSPS) is 32.1. The molecule has 1 saturated heterocycles. The summed E-state index contributed by atoms with van der Waals surface area (Å²) in [6.07, 6.45) is -6.65. The third-order valence-electron chi connectivity index (χ3n) is 2.70. The van der Waals surface area contributed by atoms with Crippen molar-refractivity contribution in [2.24, 2.45) is 0 Å². The highest BCUT2D eigenvalue weighted by atomic mass is 16.7. The van der Waals surface area contributed by atoms with E-state index in [1.165, 1.54) is 0 Å². The summed E-state index contributed by atoms with van der Waals surface area (Å²) < 4.78 is 19.8. The molecule has 9 nitrogen and oxygen atoms in total. The van der Waals surface area contributed by atoms with Gasteiger partial charge in [0.25, 0.3) is 0 Å². The quantitative estimate of drug-likeness (QED) is 0.470. The first-order valence-electron chi connectivity index (χ1n) is 6.22. The molecule has 0 unspecified atom stereocenters. The lowest BCUT2D eigenvalue weighted by Crippen LogP contribution is -2.62. The van der Waals surface area contributed by atoms with Crippen molar-refractivity contribution in [2.45, 2.75) is 51.5 Å². The number of esters is 3. The molecule has 1 heterocycles. The fourth-order valence-corrected chi connectivity index (χ4v) is 2.02. The highest BCUT2D eigenvalue weighted by Crippen LogP contribution is 2.27. The molecule has 0 aromatic heterocycles. The lowest BCUT2D eigenvalue weighted by atomic mass is 9.98. The molecule has 1 fully saturated rings. The molecule has 0 amide bonds. The minimum Gasteiger partial charge on any atom is -0.456 e. The number of aliphatic hydroxyl groups is 2. The van der Waals surface area contributed by atoms with Gasteiger partial charge in [-0.25, -0.2) is 0 Å². The Hall–Kier alpha value is -1.71. The summed E-state index contributed by atoms with van der Waals surface area (Å²) >= 11 is 0. The molecule has 5 atom stereocenters. The topological polar surface area (TPSA) is 129 Å². The van der Waals surface area contributed by atoms with Crippen LogP contribution in [-0.4, -0.2) is 65.4 Å². The van der Waals surface area contributed by atoms with Crippen molar-refractivity contribution in [3.63, 3.8) is 0 Å². The molecule has 1 aliphatic heterocycles. The highest BCUT2D eigenvalue weighted by Gasteiger charge is 2.51. The Kier molecular flexibility index (Phi) is 6.06. The molecule has 0 spiro atoms. The first kappa shape index (κ1) is 17.3. The van der Waals surface area contributed by atoms with Gasteiger partial charge in [-0.3, -0.25) is 14.4 Å². The van der Waals surface area contributed by atoms with Gasteiger partial charge in [0.05, 0.1) is 6.61 Å². The molecule has 0 aliphatic carbocycles. The smallest absolute Gasteiger partial charge is 0.303 e. The summed E-state index contributed by atoms with van der Waals surface area (Å²) in [6.45, 7) is 2.71. The van der Waals surface area contributed by atoms with Crippen LogP contribution in [0.15, 0.2) is 0 Å². The average Bonchev–Trinajstić information content (AvgIpc) is 2.35. The molecular formula is C12H18O9. The number of aliphatic hydroxyl groups excluding tert-OH is 2. The number of carbonyl (C=O) groups is 3. The lowest BCUT2D eigenvalue weighted by molar-refractivity contribution is -0.295. The maximum atomic E-state index is 11.2. The van der Waals surface area contributed by atoms with Crippen molar-refractivity contribution >= 4 is 17.9 Å². The van der Waals surface area contributed by atoms with Crippen LogP contribution in [0.3, 0.4) is 0 Å². The molecule has 0 saturated carbocycles. The number of ether oxygens (including phenoxy) is 4. The summed E-state index contributed by atoms with van der Waals surface area (Å²) in [5.41, 5.74) is 0. The molecule has 0 bridgehead atoms. The Bertz CT molecular complexity index is 408. The number of rotatable bonds is 4. The van der Waals surface area contributed by atoms with E-state index < -0.39 is 55.2 Å². The third-order valence-corrected chi connectivity index (χ3v) is 2.70. The average molecular weight is 306 g/mol. The van der Waals surface area contributed by atoms with Crippen LogP contribution in [0.4, 0.5) is 0 Å². The predicted molar refractivity (Wildman–Crippen MR) is 64.6 cm³/mol. The molecule has 2 N–H and O–H groups in total. The van der Waals surface area contributed by atoms with Gasteiger partial charge in [-0.15, -0.1) is 0 Å². The van der Waals surface area contributed by atoms with E-state index in [-0.39, 0.29) is 0 Å². The summed E-state index contributed by atoms with van der Waals surface area (Å²) in [7, 11) is 0. The van der Waals surface area contributed by atoms with Gasteiger partial charge in [0.2, 0.25) is 0 Å². The van der Waals surface area contributed by atoms with Crippen LogP contribution in [0.2, 0.25) is 0 Å². The van der Waals surface area contributed by atoms with E-state index in [1.807, 2.05) is 0 Å². The molecule has 9 heteroatoms. The number of hydrogen-bond donors (Lipinski definition) is 2. The van der Waals surface area contributed by atoms with E-state index >= 15 is 0 Å². The Morgan fingerprint density at radius 3 is 1.76 bits per heavy atom. The second-order valence-electron chi connectivity index (χ2n) is 4.47.